The van der Waals surface area contributed by atoms with E-state index in [9.17, 15) is 0 Å². The molecule has 0 aliphatic carbocycles. The van der Waals surface area contributed by atoms with Crippen LogP contribution in [0.1, 0.15) is 18.4 Å². The number of halogens is 1. The molecule has 0 amide bonds. The van der Waals surface area contributed by atoms with Gasteiger partial charge in [0.05, 0.1) is 17.2 Å². The lowest BCUT2D eigenvalue weighted by Crippen LogP contribution is -2.25. The van der Waals surface area contributed by atoms with Crippen LogP contribution in [0, 0.1) is 5.92 Å². The highest BCUT2D eigenvalue weighted by atomic mass is 35.5. The van der Waals surface area contributed by atoms with Gasteiger partial charge in [-0.3, -0.25) is 0 Å². The molecule has 5 heteroatoms. The summed E-state index contributed by atoms with van der Waals surface area (Å²) in [5.41, 5.74) is 7.34. The molecule has 18 heavy (non-hydrogen) atoms. The zero-order valence-electron chi connectivity index (χ0n) is 10.1. The molecule has 1 atom stereocenters. The number of ether oxygens (including phenoxy) is 1. The van der Waals surface area contributed by atoms with Crippen molar-refractivity contribution in [2.75, 3.05) is 25.1 Å². The fourth-order valence-corrected chi connectivity index (χ4v) is 2.70. The Hall–Kier alpha value is -0.840. The monoisotopic (exact) mass is 284 g/mol. The van der Waals surface area contributed by atoms with Gasteiger partial charge in [-0.15, -0.1) is 0 Å². The minimum absolute atomic E-state index is 0.322. The second kappa shape index (κ2) is 6.36. The highest BCUT2D eigenvalue weighted by Crippen LogP contribution is 2.25. The highest BCUT2D eigenvalue weighted by molar-refractivity contribution is 7.80. The van der Waals surface area contributed by atoms with E-state index in [0.29, 0.717) is 15.9 Å². The van der Waals surface area contributed by atoms with Crippen LogP contribution in [0.5, 0.6) is 0 Å². The van der Waals surface area contributed by atoms with Crippen molar-refractivity contribution >= 4 is 34.5 Å². The first kappa shape index (κ1) is 13.6. The van der Waals surface area contributed by atoms with E-state index in [0.717, 1.165) is 37.4 Å². The molecule has 1 aromatic carbocycles. The van der Waals surface area contributed by atoms with Gasteiger partial charge in [0, 0.05) is 18.8 Å². The molecule has 0 aromatic heterocycles. The largest absolute Gasteiger partial charge is 0.389 e. The van der Waals surface area contributed by atoms with Gasteiger partial charge in [-0.2, -0.15) is 0 Å². The van der Waals surface area contributed by atoms with Crippen molar-refractivity contribution in [3.05, 3.63) is 28.8 Å². The van der Waals surface area contributed by atoms with Crippen molar-refractivity contribution in [1.82, 2.24) is 0 Å². The van der Waals surface area contributed by atoms with E-state index in [-0.39, 0.29) is 0 Å². The normalized spacial score (nSPS) is 19.5. The molecule has 1 heterocycles. The van der Waals surface area contributed by atoms with E-state index in [4.69, 9.17) is 34.3 Å². The van der Waals surface area contributed by atoms with E-state index in [1.54, 1.807) is 6.07 Å². The first-order valence-electron chi connectivity index (χ1n) is 6.08. The van der Waals surface area contributed by atoms with Crippen molar-refractivity contribution in [2.45, 2.75) is 12.8 Å². The Kier molecular flexibility index (Phi) is 4.80. The molecule has 0 radical (unpaired) electrons. The van der Waals surface area contributed by atoms with Crippen molar-refractivity contribution in [3.8, 4) is 0 Å². The number of hydrogen-bond acceptors (Lipinski definition) is 3. The quantitative estimate of drug-likeness (QED) is 0.835. The second-order valence-corrected chi connectivity index (χ2v) is 5.34. The SMILES string of the molecule is NC(=S)c1c(Cl)cccc1NCC1CCCOC1. The van der Waals surface area contributed by atoms with Gasteiger partial charge >= 0.3 is 0 Å². The topological polar surface area (TPSA) is 47.3 Å². The van der Waals surface area contributed by atoms with Crippen molar-refractivity contribution in [1.29, 1.82) is 0 Å². The number of thiocarbonyl (C=S) groups is 1. The van der Waals surface area contributed by atoms with Gasteiger partial charge in [0.15, 0.2) is 0 Å². The fraction of sp³-hybridized carbons (Fsp3) is 0.462. The lowest BCUT2D eigenvalue weighted by atomic mass is 10.0. The third-order valence-corrected chi connectivity index (χ3v) is 3.61. The van der Waals surface area contributed by atoms with Crippen molar-refractivity contribution in [2.24, 2.45) is 11.7 Å². The number of nitrogens with one attached hydrogen (secondary N) is 1. The number of nitrogens with two attached hydrogens (primary N) is 1. The molecule has 0 saturated carbocycles. The lowest BCUT2D eigenvalue weighted by molar-refractivity contribution is 0.0595. The zero-order chi connectivity index (χ0) is 13.0. The standard InChI is InChI=1S/C13H17ClN2OS/c14-10-4-1-5-11(12(10)13(15)18)16-7-9-3-2-6-17-8-9/h1,4-5,9,16H,2-3,6-8H2,(H2,15,18). The summed E-state index contributed by atoms with van der Waals surface area (Å²) in [6, 6.07) is 5.64. The average molecular weight is 285 g/mol. The first-order chi connectivity index (χ1) is 8.68. The maximum absolute atomic E-state index is 6.11. The van der Waals surface area contributed by atoms with Crippen LogP contribution in [0.4, 0.5) is 5.69 Å². The Balaban J connectivity index is 2.04. The van der Waals surface area contributed by atoms with Gasteiger partial charge in [0.2, 0.25) is 0 Å². The molecular weight excluding hydrogens is 268 g/mol. The van der Waals surface area contributed by atoms with Crippen LogP contribution >= 0.6 is 23.8 Å². The van der Waals surface area contributed by atoms with Gasteiger partial charge in [-0.1, -0.05) is 29.9 Å². The van der Waals surface area contributed by atoms with Crippen LogP contribution in [-0.4, -0.2) is 24.7 Å². The summed E-state index contributed by atoms with van der Waals surface area (Å²) in [4.78, 5) is 0.322. The summed E-state index contributed by atoms with van der Waals surface area (Å²) in [6.07, 6.45) is 2.32. The van der Waals surface area contributed by atoms with E-state index in [1.165, 1.54) is 6.42 Å². The Bertz CT molecular complexity index is 433. The zero-order valence-corrected chi connectivity index (χ0v) is 11.7. The average Bonchev–Trinajstić information content (AvgIpc) is 2.37. The van der Waals surface area contributed by atoms with Crippen LogP contribution < -0.4 is 11.1 Å². The molecule has 3 nitrogen and oxygen atoms in total. The maximum Gasteiger partial charge on any atom is 0.107 e. The molecule has 1 fully saturated rings. The third kappa shape index (κ3) is 3.34. The van der Waals surface area contributed by atoms with Crippen molar-refractivity contribution < 1.29 is 4.74 Å². The van der Waals surface area contributed by atoms with E-state index >= 15 is 0 Å². The number of hydrogen-bond donors (Lipinski definition) is 2. The van der Waals surface area contributed by atoms with Crippen LogP contribution in [0.3, 0.4) is 0 Å². The van der Waals surface area contributed by atoms with E-state index < -0.39 is 0 Å². The molecular formula is C13H17ClN2OS. The summed E-state index contributed by atoms with van der Waals surface area (Å²) in [5.74, 6) is 0.539. The fourth-order valence-electron chi connectivity index (χ4n) is 2.14. The molecule has 2 rings (SSSR count). The minimum Gasteiger partial charge on any atom is -0.389 e. The Morgan fingerprint density at radius 2 is 2.39 bits per heavy atom. The van der Waals surface area contributed by atoms with E-state index in [2.05, 4.69) is 5.32 Å². The predicted octanol–water partition coefficient (Wildman–Crippen LogP) is 2.81. The number of anilines is 1. The molecule has 1 saturated heterocycles. The molecule has 98 valence electrons. The second-order valence-electron chi connectivity index (χ2n) is 4.49. The van der Waals surface area contributed by atoms with Crippen LogP contribution in [0.15, 0.2) is 18.2 Å². The summed E-state index contributed by atoms with van der Waals surface area (Å²) in [7, 11) is 0. The molecule has 1 unspecified atom stereocenters. The lowest BCUT2D eigenvalue weighted by Gasteiger charge is -2.23. The number of benzene rings is 1. The molecule has 0 spiro atoms. The molecule has 1 aliphatic heterocycles. The highest BCUT2D eigenvalue weighted by Gasteiger charge is 2.15. The van der Waals surface area contributed by atoms with Gasteiger partial charge in [-0.25, -0.2) is 0 Å². The molecule has 0 bridgehead atoms. The summed E-state index contributed by atoms with van der Waals surface area (Å²) < 4.78 is 5.46. The van der Waals surface area contributed by atoms with Gasteiger partial charge in [-0.05, 0) is 30.9 Å². The van der Waals surface area contributed by atoms with Gasteiger partial charge < -0.3 is 15.8 Å². The third-order valence-electron chi connectivity index (χ3n) is 3.10. The predicted molar refractivity (Wildman–Crippen MR) is 79.4 cm³/mol. The Morgan fingerprint density at radius 1 is 1.56 bits per heavy atom. The van der Waals surface area contributed by atoms with Gasteiger partial charge in [0.1, 0.15) is 4.99 Å². The summed E-state index contributed by atoms with van der Waals surface area (Å²) in [5, 5.41) is 3.96. The van der Waals surface area contributed by atoms with Crippen molar-refractivity contribution in [3.63, 3.8) is 0 Å². The summed E-state index contributed by atoms with van der Waals surface area (Å²) >= 11 is 11.2. The summed E-state index contributed by atoms with van der Waals surface area (Å²) in [6.45, 7) is 2.55. The van der Waals surface area contributed by atoms with E-state index in [1.807, 2.05) is 12.1 Å². The Morgan fingerprint density at radius 3 is 3.06 bits per heavy atom. The van der Waals surface area contributed by atoms with Crippen LogP contribution in [0.2, 0.25) is 5.02 Å². The molecule has 1 aliphatic rings. The first-order valence-corrected chi connectivity index (χ1v) is 6.87. The maximum atomic E-state index is 6.11. The van der Waals surface area contributed by atoms with Crippen LogP contribution in [-0.2, 0) is 4.74 Å². The minimum atomic E-state index is 0.322. The molecule has 3 N–H and O–H groups in total. The van der Waals surface area contributed by atoms with Gasteiger partial charge in [0.25, 0.3) is 0 Å². The van der Waals surface area contributed by atoms with Crippen LogP contribution in [0.25, 0.3) is 0 Å². The smallest absolute Gasteiger partial charge is 0.107 e. The Labute approximate surface area is 118 Å². The molecule has 1 aromatic rings. The number of rotatable bonds is 4.